The summed E-state index contributed by atoms with van der Waals surface area (Å²) in [4.78, 5) is 12.2. The van der Waals surface area contributed by atoms with Crippen molar-refractivity contribution in [3.8, 4) is 11.5 Å². The van der Waals surface area contributed by atoms with Crippen LogP contribution in [0.2, 0.25) is 0 Å². The van der Waals surface area contributed by atoms with Crippen LogP contribution >= 0.6 is 0 Å². The average Bonchev–Trinajstić information content (AvgIpc) is 2.67. The van der Waals surface area contributed by atoms with Gasteiger partial charge in [0.1, 0.15) is 11.5 Å². The second-order valence-corrected chi connectivity index (χ2v) is 6.21. The van der Waals surface area contributed by atoms with Gasteiger partial charge < -0.3 is 14.2 Å². The van der Waals surface area contributed by atoms with E-state index in [1.54, 1.807) is 14.2 Å². The van der Waals surface area contributed by atoms with Gasteiger partial charge in [0.15, 0.2) is 6.10 Å². The molecule has 132 valence electrons. The summed E-state index contributed by atoms with van der Waals surface area (Å²) in [6, 6.07) is 15.7. The third-order valence-corrected chi connectivity index (χ3v) is 4.77. The highest BCUT2D eigenvalue weighted by Crippen LogP contribution is 2.42. The summed E-state index contributed by atoms with van der Waals surface area (Å²) in [5, 5.41) is 4.89. The minimum atomic E-state index is -0.535. The van der Waals surface area contributed by atoms with E-state index in [-0.39, 0.29) is 0 Å². The van der Waals surface area contributed by atoms with E-state index >= 15 is 0 Å². The average molecular weight is 349 g/mol. The molecule has 1 heterocycles. The lowest BCUT2D eigenvalue weighted by atomic mass is 9.94. The molecule has 0 spiro atoms. The monoisotopic (exact) mass is 349 g/mol. The van der Waals surface area contributed by atoms with Gasteiger partial charge in [0, 0.05) is 22.1 Å². The number of hydrogen-bond acceptors (Lipinski definition) is 4. The molecule has 1 atom stereocenters. The molecule has 4 rings (SSSR count). The van der Waals surface area contributed by atoms with Gasteiger partial charge in [0.05, 0.1) is 19.9 Å². The van der Waals surface area contributed by atoms with Crippen molar-refractivity contribution >= 4 is 22.6 Å². The van der Waals surface area contributed by atoms with Crippen LogP contribution in [0.5, 0.6) is 11.5 Å². The summed E-state index contributed by atoms with van der Waals surface area (Å²) in [7, 11) is 3.23. The number of anilines is 1. The molecular weight excluding hydrogens is 330 g/mol. The Labute approximate surface area is 151 Å². The molecule has 1 N–H and O–H groups in total. The summed E-state index contributed by atoms with van der Waals surface area (Å²) in [5.41, 5.74) is 3.38. The SMILES string of the molecule is COc1cc(C2OC(=O)Nc3c2ccc2ccccc32)cc(OC)c1C. The van der Waals surface area contributed by atoms with Crippen LogP contribution in [0, 0.1) is 6.92 Å². The maximum atomic E-state index is 12.2. The number of carbonyl (C=O) groups excluding carboxylic acids is 1. The van der Waals surface area contributed by atoms with Crippen molar-refractivity contribution in [2.45, 2.75) is 13.0 Å². The zero-order chi connectivity index (χ0) is 18.3. The van der Waals surface area contributed by atoms with Crippen molar-refractivity contribution in [3.05, 3.63) is 65.2 Å². The van der Waals surface area contributed by atoms with E-state index in [0.717, 1.165) is 33.2 Å². The number of fused-ring (bicyclic) bond motifs is 3. The van der Waals surface area contributed by atoms with Crippen LogP contribution < -0.4 is 14.8 Å². The van der Waals surface area contributed by atoms with Gasteiger partial charge in [0.2, 0.25) is 0 Å². The molecule has 0 saturated heterocycles. The topological polar surface area (TPSA) is 56.8 Å². The highest BCUT2D eigenvalue weighted by Gasteiger charge is 2.30. The molecule has 3 aromatic rings. The first-order chi connectivity index (χ1) is 12.6. The molecule has 3 aromatic carbocycles. The number of ether oxygens (including phenoxy) is 3. The zero-order valence-corrected chi connectivity index (χ0v) is 14.8. The number of methoxy groups -OCH3 is 2. The van der Waals surface area contributed by atoms with Gasteiger partial charge in [-0.05, 0) is 24.4 Å². The van der Waals surface area contributed by atoms with Crippen LogP contribution in [0.1, 0.15) is 22.8 Å². The number of amides is 1. The van der Waals surface area contributed by atoms with Crippen molar-refractivity contribution < 1.29 is 19.0 Å². The predicted octanol–water partition coefficient (Wildman–Crippen LogP) is 4.82. The van der Waals surface area contributed by atoms with Crippen molar-refractivity contribution in [1.82, 2.24) is 0 Å². The fraction of sp³-hybridized carbons (Fsp3) is 0.190. The molecule has 0 bridgehead atoms. The van der Waals surface area contributed by atoms with Crippen LogP contribution in [-0.4, -0.2) is 20.3 Å². The van der Waals surface area contributed by atoms with Gasteiger partial charge in [0.25, 0.3) is 0 Å². The molecule has 5 nitrogen and oxygen atoms in total. The van der Waals surface area contributed by atoms with Crippen LogP contribution in [0.15, 0.2) is 48.5 Å². The summed E-state index contributed by atoms with van der Waals surface area (Å²) >= 11 is 0. The lowest BCUT2D eigenvalue weighted by Crippen LogP contribution is -2.25. The Hall–Kier alpha value is -3.21. The maximum absolute atomic E-state index is 12.2. The largest absolute Gasteiger partial charge is 0.496 e. The van der Waals surface area contributed by atoms with Gasteiger partial charge in [-0.25, -0.2) is 4.79 Å². The van der Waals surface area contributed by atoms with E-state index in [1.165, 1.54) is 0 Å². The molecular formula is C21H19NO4. The van der Waals surface area contributed by atoms with Crippen LogP contribution in [-0.2, 0) is 4.74 Å². The van der Waals surface area contributed by atoms with Crippen molar-refractivity contribution in [2.24, 2.45) is 0 Å². The number of hydrogen-bond donors (Lipinski definition) is 1. The van der Waals surface area contributed by atoms with E-state index in [2.05, 4.69) is 5.32 Å². The summed E-state index contributed by atoms with van der Waals surface area (Å²) in [5.74, 6) is 1.38. The Morgan fingerprint density at radius 3 is 2.38 bits per heavy atom. The van der Waals surface area contributed by atoms with Crippen molar-refractivity contribution in [2.75, 3.05) is 19.5 Å². The van der Waals surface area contributed by atoms with Crippen molar-refractivity contribution in [1.29, 1.82) is 0 Å². The quantitative estimate of drug-likeness (QED) is 0.737. The summed E-state index contributed by atoms with van der Waals surface area (Å²) in [6.07, 6.45) is -1.01. The smallest absolute Gasteiger partial charge is 0.412 e. The first kappa shape index (κ1) is 16.3. The molecule has 0 aliphatic carbocycles. The number of rotatable bonds is 3. The van der Waals surface area contributed by atoms with E-state index in [9.17, 15) is 4.79 Å². The van der Waals surface area contributed by atoms with Gasteiger partial charge >= 0.3 is 6.09 Å². The van der Waals surface area contributed by atoms with E-state index in [0.29, 0.717) is 11.5 Å². The number of nitrogens with one attached hydrogen (secondary N) is 1. The van der Waals surface area contributed by atoms with Crippen molar-refractivity contribution in [3.63, 3.8) is 0 Å². The standard InChI is InChI=1S/C21H19NO4/c1-12-17(24-2)10-14(11-18(12)25-3)20-16-9-8-13-6-4-5-7-15(13)19(16)22-21(23)26-20/h4-11,20H,1-3H3,(H,22,23). The minimum absolute atomic E-state index is 0.475. The van der Waals surface area contributed by atoms with Crippen LogP contribution in [0.4, 0.5) is 10.5 Å². The molecule has 1 unspecified atom stereocenters. The molecule has 1 amide bonds. The second-order valence-electron chi connectivity index (χ2n) is 6.21. The van der Waals surface area contributed by atoms with E-state index in [4.69, 9.17) is 14.2 Å². The molecule has 0 saturated carbocycles. The molecule has 0 aromatic heterocycles. The van der Waals surface area contributed by atoms with Crippen LogP contribution in [0.3, 0.4) is 0 Å². The number of carbonyl (C=O) groups is 1. The Balaban J connectivity index is 1.92. The Morgan fingerprint density at radius 1 is 1.00 bits per heavy atom. The van der Waals surface area contributed by atoms with Gasteiger partial charge in [-0.2, -0.15) is 0 Å². The molecule has 1 aliphatic heterocycles. The second kappa shape index (κ2) is 6.26. The highest BCUT2D eigenvalue weighted by molar-refractivity contribution is 6.03. The van der Waals surface area contributed by atoms with Gasteiger partial charge in [-0.3, -0.25) is 5.32 Å². The lowest BCUT2D eigenvalue weighted by Gasteiger charge is -2.28. The Bertz CT molecular complexity index is 987. The Kier molecular flexibility index (Phi) is 3.92. The normalized spacial score (nSPS) is 15.8. The fourth-order valence-corrected chi connectivity index (χ4v) is 3.45. The minimum Gasteiger partial charge on any atom is -0.496 e. The molecule has 0 radical (unpaired) electrons. The molecule has 0 fully saturated rings. The third-order valence-electron chi connectivity index (χ3n) is 4.77. The van der Waals surface area contributed by atoms with E-state index in [1.807, 2.05) is 55.5 Å². The number of cyclic esters (lactones) is 1. The lowest BCUT2D eigenvalue weighted by molar-refractivity contribution is 0.126. The molecule has 1 aliphatic rings. The molecule has 5 heteroatoms. The van der Waals surface area contributed by atoms with Gasteiger partial charge in [-0.1, -0.05) is 36.4 Å². The maximum Gasteiger partial charge on any atom is 0.412 e. The van der Waals surface area contributed by atoms with Gasteiger partial charge in [-0.15, -0.1) is 0 Å². The fourth-order valence-electron chi connectivity index (χ4n) is 3.45. The van der Waals surface area contributed by atoms with E-state index < -0.39 is 12.2 Å². The third kappa shape index (κ3) is 2.52. The molecule has 26 heavy (non-hydrogen) atoms. The summed E-state index contributed by atoms with van der Waals surface area (Å²) in [6.45, 7) is 1.93. The zero-order valence-electron chi connectivity index (χ0n) is 14.8. The Morgan fingerprint density at radius 2 is 1.69 bits per heavy atom. The van der Waals surface area contributed by atoms with Crippen LogP contribution in [0.25, 0.3) is 10.8 Å². The highest BCUT2D eigenvalue weighted by atomic mass is 16.6. The predicted molar refractivity (Wildman–Crippen MR) is 100 cm³/mol. The summed E-state index contributed by atoms with van der Waals surface area (Å²) < 4.78 is 16.6. The first-order valence-electron chi connectivity index (χ1n) is 8.34. The number of benzene rings is 3. The first-order valence-corrected chi connectivity index (χ1v) is 8.34.